The molecule has 0 saturated heterocycles. The zero-order valence-electron chi connectivity index (χ0n) is 10.9. The Balaban J connectivity index is 2.30. The zero-order valence-corrected chi connectivity index (χ0v) is 14.0. The molecule has 0 radical (unpaired) electrons. The molecule has 0 aliphatic carbocycles. The Morgan fingerprint density at radius 1 is 1.10 bits per heavy atom. The summed E-state index contributed by atoms with van der Waals surface area (Å²) >= 11 is 15.6. The summed E-state index contributed by atoms with van der Waals surface area (Å²) in [5, 5.41) is 4.41. The number of hydrogen-bond donors (Lipinski definition) is 1. The van der Waals surface area contributed by atoms with Crippen molar-refractivity contribution in [2.24, 2.45) is 0 Å². The first-order valence-electron chi connectivity index (χ1n) is 6.22. The van der Waals surface area contributed by atoms with Crippen LogP contribution in [0, 0.1) is 0 Å². The van der Waals surface area contributed by atoms with Crippen LogP contribution >= 0.6 is 39.1 Å². The van der Waals surface area contributed by atoms with Gasteiger partial charge in [-0.15, -0.1) is 0 Å². The Labute approximate surface area is 137 Å². The van der Waals surface area contributed by atoms with Gasteiger partial charge in [0.15, 0.2) is 0 Å². The molecule has 20 heavy (non-hydrogen) atoms. The molecule has 2 rings (SSSR count). The molecular weight excluding hydrogens is 361 g/mol. The fourth-order valence-electron chi connectivity index (χ4n) is 1.72. The van der Waals surface area contributed by atoms with E-state index in [0.29, 0.717) is 15.8 Å². The maximum absolute atomic E-state index is 6.13. The lowest BCUT2D eigenvalue weighted by Gasteiger charge is -2.13. The molecule has 1 N–H and O–H groups in total. The predicted octanol–water partition coefficient (Wildman–Crippen LogP) is 5.66. The third-order valence-electron chi connectivity index (χ3n) is 2.70. The maximum atomic E-state index is 6.13. The molecule has 2 aromatic carbocycles. The number of ether oxygens (including phenoxy) is 1. The van der Waals surface area contributed by atoms with E-state index in [0.717, 1.165) is 28.9 Å². The number of benzene rings is 2. The summed E-state index contributed by atoms with van der Waals surface area (Å²) in [6.07, 6.45) is 0. The minimum Gasteiger partial charge on any atom is -0.455 e. The second kappa shape index (κ2) is 7.32. The van der Waals surface area contributed by atoms with Crippen LogP contribution in [0.15, 0.2) is 40.9 Å². The highest BCUT2D eigenvalue weighted by atomic mass is 79.9. The molecule has 0 aromatic heterocycles. The van der Waals surface area contributed by atoms with Crippen LogP contribution in [0.25, 0.3) is 0 Å². The molecule has 0 heterocycles. The summed E-state index contributed by atoms with van der Waals surface area (Å²) in [6, 6.07) is 11.0. The topological polar surface area (TPSA) is 21.3 Å². The molecule has 0 aliphatic rings. The number of hydrogen-bond acceptors (Lipinski definition) is 2. The minimum atomic E-state index is 0.534. The van der Waals surface area contributed by atoms with Crippen LogP contribution in [-0.2, 0) is 6.54 Å². The largest absolute Gasteiger partial charge is 0.455 e. The summed E-state index contributed by atoms with van der Waals surface area (Å²) < 4.78 is 6.91. The molecule has 2 aromatic rings. The van der Waals surface area contributed by atoms with Crippen molar-refractivity contribution in [3.05, 3.63) is 56.5 Å². The van der Waals surface area contributed by atoms with E-state index in [4.69, 9.17) is 27.9 Å². The Hall–Kier alpha value is -0.740. The molecule has 5 heteroatoms. The number of rotatable bonds is 5. The molecule has 0 spiro atoms. The Bertz CT molecular complexity index is 604. The quantitative estimate of drug-likeness (QED) is 0.729. The lowest BCUT2D eigenvalue weighted by molar-refractivity contribution is 0.473. The maximum Gasteiger partial charge on any atom is 0.147 e. The SMILES string of the molecule is CCNCc1cc(Br)ccc1Oc1cc(Cl)ccc1Cl. The molecule has 0 aliphatic heterocycles. The summed E-state index contributed by atoms with van der Waals surface area (Å²) in [4.78, 5) is 0. The average molecular weight is 375 g/mol. The highest BCUT2D eigenvalue weighted by Gasteiger charge is 2.09. The third-order valence-corrected chi connectivity index (χ3v) is 3.74. The van der Waals surface area contributed by atoms with Crippen LogP contribution in [-0.4, -0.2) is 6.54 Å². The van der Waals surface area contributed by atoms with Crippen LogP contribution in [0.5, 0.6) is 11.5 Å². The minimum absolute atomic E-state index is 0.534. The van der Waals surface area contributed by atoms with E-state index in [1.165, 1.54) is 0 Å². The van der Waals surface area contributed by atoms with Gasteiger partial charge in [0.1, 0.15) is 11.5 Å². The van der Waals surface area contributed by atoms with Crippen LogP contribution < -0.4 is 10.1 Å². The van der Waals surface area contributed by atoms with E-state index in [-0.39, 0.29) is 0 Å². The van der Waals surface area contributed by atoms with Gasteiger partial charge >= 0.3 is 0 Å². The number of nitrogens with one attached hydrogen (secondary N) is 1. The Kier molecular flexibility index (Phi) is 5.73. The Morgan fingerprint density at radius 3 is 2.65 bits per heavy atom. The lowest BCUT2D eigenvalue weighted by atomic mass is 10.2. The summed E-state index contributed by atoms with van der Waals surface area (Å²) in [5.41, 5.74) is 1.05. The van der Waals surface area contributed by atoms with Gasteiger partial charge < -0.3 is 10.1 Å². The van der Waals surface area contributed by atoms with E-state index >= 15 is 0 Å². The van der Waals surface area contributed by atoms with Crippen LogP contribution in [0.3, 0.4) is 0 Å². The molecule has 0 atom stereocenters. The average Bonchev–Trinajstić information content (AvgIpc) is 2.43. The van der Waals surface area contributed by atoms with Gasteiger partial charge in [0.05, 0.1) is 5.02 Å². The fourth-order valence-corrected chi connectivity index (χ4v) is 2.45. The van der Waals surface area contributed by atoms with E-state index in [1.807, 2.05) is 18.2 Å². The van der Waals surface area contributed by atoms with Gasteiger partial charge in [-0.2, -0.15) is 0 Å². The first kappa shape index (κ1) is 15.6. The Morgan fingerprint density at radius 2 is 1.90 bits per heavy atom. The van der Waals surface area contributed by atoms with E-state index in [2.05, 4.69) is 28.2 Å². The van der Waals surface area contributed by atoms with Crippen molar-refractivity contribution in [3.8, 4) is 11.5 Å². The fraction of sp³-hybridized carbons (Fsp3) is 0.200. The zero-order chi connectivity index (χ0) is 14.5. The molecule has 106 valence electrons. The highest BCUT2D eigenvalue weighted by molar-refractivity contribution is 9.10. The van der Waals surface area contributed by atoms with Gasteiger partial charge in [-0.05, 0) is 36.9 Å². The molecule has 0 unspecified atom stereocenters. The van der Waals surface area contributed by atoms with E-state index < -0.39 is 0 Å². The van der Waals surface area contributed by atoms with Crippen molar-refractivity contribution in [1.82, 2.24) is 5.32 Å². The standard InChI is InChI=1S/C15H14BrCl2NO/c1-2-19-9-10-7-11(16)3-6-14(10)20-15-8-12(17)4-5-13(15)18/h3-8,19H,2,9H2,1H3. The predicted molar refractivity (Wildman–Crippen MR) is 88.1 cm³/mol. The number of halogens is 3. The van der Waals surface area contributed by atoms with E-state index in [9.17, 15) is 0 Å². The van der Waals surface area contributed by atoms with Crippen LogP contribution in [0.4, 0.5) is 0 Å². The van der Waals surface area contributed by atoms with E-state index in [1.54, 1.807) is 18.2 Å². The second-order valence-corrected chi connectivity index (χ2v) is 5.97. The smallest absolute Gasteiger partial charge is 0.147 e. The summed E-state index contributed by atoms with van der Waals surface area (Å²) in [5.74, 6) is 1.32. The van der Waals surface area contributed by atoms with Gasteiger partial charge in [0.2, 0.25) is 0 Å². The monoisotopic (exact) mass is 373 g/mol. The van der Waals surface area contributed by atoms with Crippen molar-refractivity contribution >= 4 is 39.1 Å². The molecule has 0 amide bonds. The van der Waals surface area contributed by atoms with Gasteiger partial charge in [-0.25, -0.2) is 0 Å². The summed E-state index contributed by atoms with van der Waals surface area (Å²) in [6.45, 7) is 3.68. The molecular formula is C15H14BrCl2NO. The van der Waals surface area contributed by atoms with Crippen molar-refractivity contribution in [2.45, 2.75) is 13.5 Å². The van der Waals surface area contributed by atoms with Crippen LogP contribution in [0.1, 0.15) is 12.5 Å². The lowest BCUT2D eigenvalue weighted by Crippen LogP contribution is -2.12. The van der Waals surface area contributed by atoms with Crippen molar-refractivity contribution in [2.75, 3.05) is 6.54 Å². The molecule has 0 fully saturated rings. The first-order chi connectivity index (χ1) is 9.60. The molecule has 0 bridgehead atoms. The van der Waals surface area contributed by atoms with Gasteiger partial charge in [0, 0.05) is 27.7 Å². The summed E-state index contributed by atoms with van der Waals surface area (Å²) in [7, 11) is 0. The van der Waals surface area contributed by atoms with Crippen molar-refractivity contribution < 1.29 is 4.74 Å². The third kappa shape index (κ3) is 4.13. The van der Waals surface area contributed by atoms with Gasteiger partial charge in [0.25, 0.3) is 0 Å². The highest BCUT2D eigenvalue weighted by Crippen LogP contribution is 2.34. The van der Waals surface area contributed by atoms with Crippen molar-refractivity contribution in [1.29, 1.82) is 0 Å². The second-order valence-electron chi connectivity index (χ2n) is 4.21. The van der Waals surface area contributed by atoms with Crippen molar-refractivity contribution in [3.63, 3.8) is 0 Å². The van der Waals surface area contributed by atoms with Crippen LogP contribution in [0.2, 0.25) is 10.0 Å². The molecule has 2 nitrogen and oxygen atoms in total. The normalized spacial score (nSPS) is 10.6. The molecule has 0 saturated carbocycles. The van der Waals surface area contributed by atoms with Gasteiger partial charge in [-0.1, -0.05) is 46.1 Å². The first-order valence-corrected chi connectivity index (χ1v) is 7.77. The van der Waals surface area contributed by atoms with Gasteiger partial charge in [-0.3, -0.25) is 0 Å².